The van der Waals surface area contributed by atoms with Gasteiger partial charge in [0.1, 0.15) is 5.82 Å². The summed E-state index contributed by atoms with van der Waals surface area (Å²) in [5.74, 6) is 1.33. The molecule has 0 radical (unpaired) electrons. The average Bonchev–Trinajstić information content (AvgIpc) is 2.87. The van der Waals surface area contributed by atoms with E-state index in [4.69, 9.17) is 10.5 Å². The minimum Gasteiger partial charge on any atom is -0.481 e. The zero-order chi connectivity index (χ0) is 12.8. The van der Waals surface area contributed by atoms with Crippen LogP contribution in [0.1, 0.15) is 6.42 Å². The van der Waals surface area contributed by atoms with E-state index in [0.29, 0.717) is 11.7 Å². The van der Waals surface area contributed by atoms with E-state index < -0.39 is 0 Å². The minimum atomic E-state index is 0.200. The van der Waals surface area contributed by atoms with Gasteiger partial charge < -0.3 is 20.4 Å². The second-order valence-corrected chi connectivity index (χ2v) is 3.73. The van der Waals surface area contributed by atoms with E-state index in [-0.39, 0.29) is 5.95 Å². The highest BCUT2D eigenvalue weighted by Gasteiger charge is 2.01. The first-order valence-electron chi connectivity index (χ1n) is 5.66. The van der Waals surface area contributed by atoms with Crippen molar-refractivity contribution in [3.8, 4) is 5.88 Å². The maximum atomic E-state index is 5.56. The fraction of sp³-hybridized carbons (Fsp3) is 0.364. The lowest BCUT2D eigenvalue weighted by atomic mass is 10.4. The van der Waals surface area contributed by atoms with E-state index in [1.165, 1.54) is 0 Å². The van der Waals surface area contributed by atoms with Crippen molar-refractivity contribution in [2.75, 3.05) is 24.7 Å². The van der Waals surface area contributed by atoms with E-state index in [1.807, 2.05) is 10.8 Å². The van der Waals surface area contributed by atoms with Gasteiger partial charge in [-0.05, 0) is 6.42 Å². The minimum absolute atomic E-state index is 0.200. The van der Waals surface area contributed by atoms with Crippen LogP contribution < -0.4 is 15.8 Å². The van der Waals surface area contributed by atoms with E-state index in [9.17, 15) is 0 Å². The molecular weight excluding hydrogens is 232 g/mol. The van der Waals surface area contributed by atoms with Gasteiger partial charge in [-0.2, -0.15) is 9.97 Å². The van der Waals surface area contributed by atoms with Gasteiger partial charge in [-0.15, -0.1) is 0 Å². The molecule has 2 aromatic rings. The van der Waals surface area contributed by atoms with Crippen LogP contribution in [0.4, 0.5) is 11.8 Å². The number of hydrogen-bond acceptors (Lipinski definition) is 6. The molecule has 2 rings (SSSR count). The highest BCUT2D eigenvalue weighted by atomic mass is 16.5. The van der Waals surface area contributed by atoms with Gasteiger partial charge in [0.2, 0.25) is 11.8 Å². The number of nitrogens with one attached hydrogen (secondary N) is 1. The molecule has 0 bridgehead atoms. The maximum absolute atomic E-state index is 5.56. The Hall–Kier alpha value is -2.31. The molecule has 0 saturated heterocycles. The van der Waals surface area contributed by atoms with Crippen LogP contribution in [0.25, 0.3) is 0 Å². The molecule has 0 saturated carbocycles. The number of methoxy groups -OCH3 is 1. The normalized spacial score (nSPS) is 10.3. The molecule has 7 heteroatoms. The smallest absolute Gasteiger partial charge is 0.225 e. The number of anilines is 2. The molecule has 0 atom stereocenters. The molecule has 0 aromatic carbocycles. The molecule has 2 heterocycles. The van der Waals surface area contributed by atoms with Crippen molar-refractivity contribution < 1.29 is 4.74 Å². The standard InChI is InChI=1S/C11H16N6O/c1-18-10-7-9(15-11(12)16-10)14-3-2-5-17-6-4-13-8-17/h4,6-8H,2-3,5H2,1H3,(H3,12,14,15,16). The summed E-state index contributed by atoms with van der Waals surface area (Å²) in [6.07, 6.45) is 6.46. The number of hydrogen-bond donors (Lipinski definition) is 2. The van der Waals surface area contributed by atoms with Crippen molar-refractivity contribution >= 4 is 11.8 Å². The average molecular weight is 248 g/mol. The van der Waals surface area contributed by atoms with Gasteiger partial charge in [-0.1, -0.05) is 0 Å². The van der Waals surface area contributed by atoms with E-state index >= 15 is 0 Å². The Balaban J connectivity index is 1.81. The van der Waals surface area contributed by atoms with Crippen LogP contribution in [0.15, 0.2) is 24.8 Å². The molecule has 3 N–H and O–H groups in total. The molecule has 0 aliphatic carbocycles. The monoisotopic (exact) mass is 248 g/mol. The highest BCUT2D eigenvalue weighted by Crippen LogP contribution is 2.13. The molecule has 2 aromatic heterocycles. The third-order valence-electron chi connectivity index (χ3n) is 2.39. The summed E-state index contributed by atoms with van der Waals surface area (Å²) in [6, 6.07) is 1.72. The molecule has 0 fully saturated rings. The number of ether oxygens (including phenoxy) is 1. The van der Waals surface area contributed by atoms with Crippen molar-refractivity contribution in [1.82, 2.24) is 19.5 Å². The van der Waals surface area contributed by atoms with Crippen LogP contribution in [0, 0.1) is 0 Å². The van der Waals surface area contributed by atoms with Crippen molar-refractivity contribution in [2.24, 2.45) is 0 Å². The predicted molar refractivity (Wildman–Crippen MR) is 68.3 cm³/mol. The van der Waals surface area contributed by atoms with Crippen molar-refractivity contribution in [1.29, 1.82) is 0 Å². The van der Waals surface area contributed by atoms with E-state index in [2.05, 4.69) is 20.3 Å². The molecule has 7 nitrogen and oxygen atoms in total. The summed E-state index contributed by atoms with van der Waals surface area (Å²) in [5.41, 5.74) is 5.56. The molecule has 0 amide bonds. The van der Waals surface area contributed by atoms with Crippen molar-refractivity contribution in [3.63, 3.8) is 0 Å². The number of aromatic nitrogens is 4. The lowest BCUT2D eigenvalue weighted by Crippen LogP contribution is -2.08. The van der Waals surface area contributed by atoms with Gasteiger partial charge in [0.15, 0.2) is 0 Å². The van der Waals surface area contributed by atoms with Crippen molar-refractivity contribution in [2.45, 2.75) is 13.0 Å². The first-order chi connectivity index (χ1) is 8.78. The Morgan fingerprint density at radius 2 is 2.33 bits per heavy atom. The summed E-state index contributed by atoms with van der Waals surface area (Å²) >= 11 is 0. The number of imidazole rings is 1. The van der Waals surface area contributed by atoms with Gasteiger partial charge in [-0.3, -0.25) is 0 Å². The summed E-state index contributed by atoms with van der Waals surface area (Å²) in [4.78, 5) is 12.0. The topological polar surface area (TPSA) is 90.9 Å². The van der Waals surface area contributed by atoms with Gasteiger partial charge >= 0.3 is 0 Å². The summed E-state index contributed by atoms with van der Waals surface area (Å²) in [5, 5.41) is 3.18. The Kier molecular flexibility index (Phi) is 3.95. The van der Waals surface area contributed by atoms with Gasteiger partial charge in [0.05, 0.1) is 13.4 Å². The lowest BCUT2D eigenvalue weighted by Gasteiger charge is -2.07. The van der Waals surface area contributed by atoms with E-state index in [1.54, 1.807) is 25.7 Å². The predicted octanol–water partition coefficient (Wildman–Crippen LogP) is 0.766. The fourth-order valence-electron chi connectivity index (χ4n) is 1.54. The van der Waals surface area contributed by atoms with E-state index in [0.717, 1.165) is 19.5 Å². The van der Waals surface area contributed by atoms with Crippen LogP contribution >= 0.6 is 0 Å². The van der Waals surface area contributed by atoms with Crippen molar-refractivity contribution in [3.05, 3.63) is 24.8 Å². The number of nitrogens with zero attached hydrogens (tertiary/aromatic N) is 4. The van der Waals surface area contributed by atoms with Crippen LogP contribution in [-0.2, 0) is 6.54 Å². The third kappa shape index (κ3) is 3.34. The van der Waals surface area contributed by atoms with Gasteiger partial charge in [-0.25, -0.2) is 4.98 Å². The summed E-state index contributed by atoms with van der Waals surface area (Å²) in [7, 11) is 1.55. The molecule has 0 aliphatic heterocycles. The SMILES string of the molecule is COc1cc(NCCCn2ccnc2)nc(N)n1. The second kappa shape index (κ2) is 5.85. The molecule has 18 heavy (non-hydrogen) atoms. The van der Waals surface area contributed by atoms with Crippen LogP contribution in [0.2, 0.25) is 0 Å². The van der Waals surface area contributed by atoms with Crippen LogP contribution in [0.3, 0.4) is 0 Å². The molecule has 0 unspecified atom stereocenters. The lowest BCUT2D eigenvalue weighted by molar-refractivity contribution is 0.398. The number of nitrogens with two attached hydrogens (primary N) is 1. The molecule has 0 spiro atoms. The van der Waals surface area contributed by atoms with Gasteiger partial charge in [0, 0.05) is 31.5 Å². The van der Waals surface area contributed by atoms with Crippen LogP contribution in [-0.4, -0.2) is 33.2 Å². The summed E-state index contributed by atoms with van der Waals surface area (Å²) < 4.78 is 7.04. The highest BCUT2D eigenvalue weighted by molar-refractivity contribution is 5.42. The fourth-order valence-corrected chi connectivity index (χ4v) is 1.54. The number of rotatable bonds is 6. The zero-order valence-corrected chi connectivity index (χ0v) is 10.2. The Morgan fingerprint density at radius 1 is 1.44 bits per heavy atom. The maximum Gasteiger partial charge on any atom is 0.225 e. The number of nitrogen functional groups attached to an aromatic ring is 1. The van der Waals surface area contributed by atoms with Crippen LogP contribution in [0.5, 0.6) is 5.88 Å². The molecule has 0 aliphatic rings. The van der Waals surface area contributed by atoms with Gasteiger partial charge in [0.25, 0.3) is 0 Å². The Bertz CT molecular complexity index is 484. The Morgan fingerprint density at radius 3 is 3.06 bits per heavy atom. The number of aryl methyl sites for hydroxylation is 1. The third-order valence-corrected chi connectivity index (χ3v) is 2.39. The first kappa shape index (κ1) is 12.2. The quantitative estimate of drug-likeness (QED) is 0.734. The largest absolute Gasteiger partial charge is 0.481 e. The zero-order valence-electron chi connectivity index (χ0n) is 10.2. The molecular formula is C11H16N6O. The Labute approximate surface area is 105 Å². The summed E-state index contributed by atoms with van der Waals surface area (Å²) in [6.45, 7) is 1.70. The molecule has 96 valence electrons. The second-order valence-electron chi connectivity index (χ2n) is 3.73. The first-order valence-corrected chi connectivity index (χ1v) is 5.66.